The van der Waals surface area contributed by atoms with Crippen LogP contribution in [-0.4, -0.2) is 7.85 Å². The lowest BCUT2D eigenvalue weighted by Gasteiger charge is -2.29. The molecule has 0 amide bonds. The van der Waals surface area contributed by atoms with Gasteiger partial charge in [0.25, 0.3) is 0 Å². The second-order valence-corrected chi connectivity index (χ2v) is 6.45. The molecule has 120 valence electrons. The molecule has 1 heterocycles. The summed E-state index contributed by atoms with van der Waals surface area (Å²) in [6, 6.07) is 21.6. The van der Waals surface area contributed by atoms with Crippen LogP contribution < -0.4 is 10.4 Å². The highest BCUT2D eigenvalue weighted by molar-refractivity contribution is 6.32. The lowest BCUT2D eigenvalue weighted by Crippen LogP contribution is -2.18. The maximum Gasteiger partial charge on any atom is 0.139 e. The van der Waals surface area contributed by atoms with E-state index in [0.717, 1.165) is 12.1 Å². The summed E-state index contributed by atoms with van der Waals surface area (Å²) in [6.07, 6.45) is 9.36. The van der Waals surface area contributed by atoms with Crippen molar-refractivity contribution in [1.82, 2.24) is 0 Å². The van der Waals surface area contributed by atoms with Crippen LogP contribution in [0.1, 0.15) is 5.56 Å². The van der Waals surface area contributed by atoms with Crippen molar-refractivity contribution in [3.8, 4) is 0 Å². The van der Waals surface area contributed by atoms with E-state index in [4.69, 9.17) is 0 Å². The van der Waals surface area contributed by atoms with Gasteiger partial charge in [-0.1, -0.05) is 78.8 Å². The van der Waals surface area contributed by atoms with Crippen LogP contribution in [0.4, 0.5) is 11.4 Å². The van der Waals surface area contributed by atoms with Gasteiger partial charge in [0, 0.05) is 16.8 Å². The van der Waals surface area contributed by atoms with E-state index in [-0.39, 0.29) is 0 Å². The quantitative estimate of drug-likeness (QED) is 0.600. The fourth-order valence-corrected chi connectivity index (χ4v) is 3.45. The van der Waals surface area contributed by atoms with E-state index in [1.54, 1.807) is 0 Å². The average Bonchev–Trinajstić information content (AvgIpc) is 2.70. The molecular weight excluding hydrogens is 301 g/mol. The number of nitrogens with zero attached hydrogens (tertiary/aromatic N) is 1. The van der Waals surface area contributed by atoms with Crippen molar-refractivity contribution in [3.63, 3.8) is 0 Å². The molecule has 0 saturated heterocycles. The molecule has 0 aliphatic carbocycles. The molecule has 3 aromatic rings. The fraction of sp³-hybridized carbons (Fsp3) is 0.0435. The minimum atomic E-state index is 0.913. The second kappa shape index (κ2) is 6.48. The van der Waals surface area contributed by atoms with Crippen molar-refractivity contribution in [2.24, 2.45) is 0 Å². The Labute approximate surface area is 150 Å². The van der Waals surface area contributed by atoms with Gasteiger partial charge in [-0.15, -0.1) is 0 Å². The van der Waals surface area contributed by atoms with Gasteiger partial charge in [-0.3, -0.25) is 0 Å². The third kappa shape index (κ3) is 2.92. The Morgan fingerprint density at radius 3 is 2.64 bits per heavy atom. The standard InChI is InChI=1S/C23H20BN/c1-17-8-3-2-4-10-19-16-20(24)14-15-22(19)25(17)23-13-7-11-18-9-5-6-12-21(18)23/h2-9,11-16H,1,10,24H2/b4-2-,8-3-. The average molecular weight is 321 g/mol. The van der Waals surface area contributed by atoms with Crippen LogP contribution >= 0.6 is 0 Å². The lowest BCUT2D eigenvalue weighted by atomic mass is 9.92. The van der Waals surface area contributed by atoms with Crippen molar-refractivity contribution < 1.29 is 0 Å². The molecule has 2 heteroatoms. The summed E-state index contributed by atoms with van der Waals surface area (Å²) in [7, 11) is 2.14. The molecule has 1 aliphatic heterocycles. The number of fused-ring (bicyclic) bond motifs is 2. The molecule has 3 aromatic carbocycles. The summed E-state index contributed by atoms with van der Waals surface area (Å²) in [5, 5.41) is 2.47. The highest BCUT2D eigenvalue weighted by atomic mass is 15.1. The Kier molecular flexibility index (Phi) is 4.03. The van der Waals surface area contributed by atoms with Gasteiger partial charge in [-0.2, -0.15) is 0 Å². The van der Waals surface area contributed by atoms with E-state index in [9.17, 15) is 0 Å². The first-order chi connectivity index (χ1) is 12.2. The Bertz CT molecular complexity index is 1010. The Morgan fingerprint density at radius 2 is 1.72 bits per heavy atom. The van der Waals surface area contributed by atoms with Crippen LogP contribution in [0.15, 0.2) is 97.2 Å². The smallest absolute Gasteiger partial charge is 0.139 e. The summed E-state index contributed by atoms with van der Waals surface area (Å²) in [6.45, 7) is 4.35. The van der Waals surface area contributed by atoms with Gasteiger partial charge in [0.15, 0.2) is 0 Å². The zero-order valence-corrected chi connectivity index (χ0v) is 14.4. The first kappa shape index (κ1) is 15.5. The van der Waals surface area contributed by atoms with Crippen molar-refractivity contribution in [3.05, 3.63) is 103 Å². The normalized spacial score (nSPS) is 16.6. The molecule has 0 spiro atoms. The molecule has 0 fully saturated rings. The van der Waals surface area contributed by atoms with E-state index < -0.39 is 0 Å². The summed E-state index contributed by atoms with van der Waals surface area (Å²) in [5.41, 5.74) is 5.92. The maximum absolute atomic E-state index is 4.35. The predicted octanol–water partition coefficient (Wildman–Crippen LogP) is 4.42. The van der Waals surface area contributed by atoms with Crippen LogP contribution in [0.25, 0.3) is 10.8 Å². The minimum Gasteiger partial charge on any atom is -0.310 e. The molecule has 1 aliphatic rings. The number of anilines is 2. The Morgan fingerprint density at radius 1 is 0.880 bits per heavy atom. The molecule has 0 aromatic heterocycles. The third-order valence-electron chi connectivity index (χ3n) is 4.64. The van der Waals surface area contributed by atoms with Gasteiger partial charge < -0.3 is 4.90 Å². The monoisotopic (exact) mass is 321 g/mol. The van der Waals surface area contributed by atoms with Crippen molar-refractivity contribution >= 4 is 35.5 Å². The maximum atomic E-state index is 4.35. The zero-order valence-electron chi connectivity index (χ0n) is 14.4. The first-order valence-electron chi connectivity index (χ1n) is 8.63. The Hall–Kier alpha value is -3.00. The lowest BCUT2D eigenvalue weighted by molar-refractivity contribution is 1.18. The fourth-order valence-electron chi connectivity index (χ4n) is 3.45. The summed E-state index contributed by atoms with van der Waals surface area (Å²) in [4.78, 5) is 2.28. The Balaban J connectivity index is 1.99. The van der Waals surface area contributed by atoms with Crippen LogP contribution in [0, 0.1) is 0 Å². The van der Waals surface area contributed by atoms with Crippen molar-refractivity contribution in [2.75, 3.05) is 4.90 Å². The highest BCUT2D eigenvalue weighted by Crippen LogP contribution is 2.37. The number of allylic oxidation sites excluding steroid dienone is 4. The van der Waals surface area contributed by atoms with Gasteiger partial charge in [-0.05, 0) is 35.6 Å². The number of hydrogen-bond donors (Lipinski definition) is 0. The van der Waals surface area contributed by atoms with Gasteiger partial charge in [0.1, 0.15) is 7.85 Å². The van der Waals surface area contributed by atoms with Gasteiger partial charge in [0.2, 0.25) is 0 Å². The van der Waals surface area contributed by atoms with E-state index in [1.165, 1.54) is 33.2 Å². The molecule has 0 N–H and O–H groups in total. The van der Waals surface area contributed by atoms with Gasteiger partial charge >= 0.3 is 0 Å². The summed E-state index contributed by atoms with van der Waals surface area (Å²) in [5.74, 6) is 0. The molecule has 1 nitrogen and oxygen atoms in total. The molecule has 0 bridgehead atoms. The van der Waals surface area contributed by atoms with Gasteiger partial charge in [0.05, 0.1) is 5.69 Å². The molecule has 25 heavy (non-hydrogen) atoms. The zero-order chi connectivity index (χ0) is 17.2. The summed E-state index contributed by atoms with van der Waals surface area (Å²) >= 11 is 0. The van der Waals surface area contributed by atoms with Gasteiger partial charge in [-0.25, -0.2) is 0 Å². The summed E-state index contributed by atoms with van der Waals surface area (Å²) < 4.78 is 0. The molecule has 4 rings (SSSR count). The van der Waals surface area contributed by atoms with Crippen molar-refractivity contribution in [2.45, 2.75) is 6.42 Å². The molecule has 0 radical (unpaired) electrons. The van der Waals surface area contributed by atoms with Crippen LogP contribution in [0.5, 0.6) is 0 Å². The highest BCUT2D eigenvalue weighted by Gasteiger charge is 2.17. The SMILES string of the molecule is Bc1ccc2c(c1)C/C=C\C=C/C(=C)N2c1cccc2ccccc12. The number of benzene rings is 3. The van der Waals surface area contributed by atoms with Crippen LogP contribution in [0.2, 0.25) is 0 Å². The van der Waals surface area contributed by atoms with Crippen LogP contribution in [0.3, 0.4) is 0 Å². The molecule has 0 unspecified atom stereocenters. The topological polar surface area (TPSA) is 3.24 Å². The minimum absolute atomic E-state index is 0.913. The second-order valence-electron chi connectivity index (χ2n) is 6.45. The predicted molar refractivity (Wildman–Crippen MR) is 112 cm³/mol. The van der Waals surface area contributed by atoms with E-state index in [1.807, 2.05) is 0 Å². The molecule has 0 atom stereocenters. The first-order valence-corrected chi connectivity index (χ1v) is 8.63. The molecule has 0 saturated carbocycles. The van der Waals surface area contributed by atoms with Crippen LogP contribution in [-0.2, 0) is 6.42 Å². The largest absolute Gasteiger partial charge is 0.310 e. The third-order valence-corrected chi connectivity index (χ3v) is 4.64. The van der Waals surface area contributed by atoms with E-state index >= 15 is 0 Å². The number of rotatable bonds is 1. The van der Waals surface area contributed by atoms with Crippen molar-refractivity contribution in [1.29, 1.82) is 0 Å². The van der Waals surface area contributed by atoms with E-state index in [2.05, 4.69) is 104 Å². The van der Waals surface area contributed by atoms with E-state index in [0.29, 0.717) is 0 Å². The molecular formula is C23H20BN. The number of hydrogen-bond acceptors (Lipinski definition) is 1.